The first kappa shape index (κ1) is 21.0. The van der Waals surface area contributed by atoms with Gasteiger partial charge in [-0.05, 0) is 52.6 Å². The van der Waals surface area contributed by atoms with Crippen LogP contribution in [0.5, 0.6) is 0 Å². The van der Waals surface area contributed by atoms with Crippen LogP contribution >= 0.6 is 0 Å². The number of fused-ring (bicyclic) bond motifs is 1. The van der Waals surface area contributed by atoms with Crippen molar-refractivity contribution < 1.29 is 9.32 Å². The maximum atomic E-state index is 12.8. The zero-order valence-electron chi connectivity index (χ0n) is 18.3. The van der Waals surface area contributed by atoms with Crippen LogP contribution in [0.4, 0.5) is 5.82 Å². The van der Waals surface area contributed by atoms with E-state index in [-0.39, 0.29) is 11.8 Å². The van der Waals surface area contributed by atoms with Crippen molar-refractivity contribution in [1.29, 1.82) is 0 Å². The number of nitrogens with zero attached hydrogens (tertiary/aromatic N) is 5. The van der Waals surface area contributed by atoms with Gasteiger partial charge in [0, 0.05) is 25.7 Å². The van der Waals surface area contributed by atoms with E-state index in [1.54, 1.807) is 0 Å². The molecule has 2 aromatic heterocycles. The molecule has 4 rings (SSSR count). The summed E-state index contributed by atoms with van der Waals surface area (Å²) in [7, 11) is 2.23. The summed E-state index contributed by atoms with van der Waals surface area (Å²) in [6.45, 7) is 5.25. The third-order valence-corrected chi connectivity index (χ3v) is 6.70. The molecule has 0 aromatic carbocycles. The molecule has 0 spiro atoms. The van der Waals surface area contributed by atoms with Gasteiger partial charge >= 0.3 is 0 Å². The Morgan fingerprint density at radius 3 is 2.90 bits per heavy atom. The Labute approximate surface area is 178 Å². The number of rotatable bonds is 7. The van der Waals surface area contributed by atoms with Gasteiger partial charge in [-0.2, -0.15) is 4.98 Å². The van der Waals surface area contributed by atoms with E-state index >= 15 is 0 Å². The molecule has 0 radical (unpaired) electrons. The molecule has 2 aliphatic rings. The zero-order chi connectivity index (χ0) is 20.9. The lowest BCUT2D eigenvalue weighted by Gasteiger charge is -2.33. The van der Waals surface area contributed by atoms with Crippen LogP contribution in [0.1, 0.15) is 57.1 Å². The van der Waals surface area contributed by atoms with E-state index in [0.29, 0.717) is 12.3 Å². The summed E-state index contributed by atoms with van der Waals surface area (Å²) in [5.74, 6) is 0.970. The number of carbonyl (C=O) groups excluding carboxylic acids is 1. The van der Waals surface area contributed by atoms with Gasteiger partial charge in [-0.1, -0.05) is 24.4 Å². The summed E-state index contributed by atoms with van der Waals surface area (Å²) < 4.78 is 5.27. The second kappa shape index (κ2) is 9.73. The van der Waals surface area contributed by atoms with Crippen molar-refractivity contribution in [3.63, 3.8) is 0 Å². The predicted octanol–water partition coefficient (Wildman–Crippen LogP) is 2.91. The first-order valence-electron chi connectivity index (χ1n) is 11.4. The van der Waals surface area contributed by atoms with Crippen LogP contribution in [-0.4, -0.2) is 65.2 Å². The highest BCUT2D eigenvalue weighted by Crippen LogP contribution is 2.29. The minimum atomic E-state index is -0.0139. The van der Waals surface area contributed by atoms with Crippen LogP contribution in [0.15, 0.2) is 10.9 Å². The molecule has 164 valence electrons. The summed E-state index contributed by atoms with van der Waals surface area (Å²) in [4.78, 5) is 26.1. The van der Waals surface area contributed by atoms with Crippen LogP contribution in [0.2, 0.25) is 0 Å². The van der Waals surface area contributed by atoms with Crippen molar-refractivity contribution in [3.8, 4) is 0 Å². The molecular formula is C22H34N6O2. The molecule has 0 bridgehead atoms. The minimum Gasteiger partial charge on any atom is -0.356 e. The van der Waals surface area contributed by atoms with Crippen LogP contribution in [0, 0.1) is 12.8 Å². The first-order chi connectivity index (χ1) is 14.6. The zero-order valence-corrected chi connectivity index (χ0v) is 18.3. The van der Waals surface area contributed by atoms with Gasteiger partial charge in [0.15, 0.2) is 0 Å². The second-order valence-electron chi connectivity index (χ2n) is 8.85. The van der Waals surface area contributed by atoms with E-state index < -0.39 is 0 Å². The molecule has 1 aliphatic heterocycles. The Hall–Kier alpha value is -2.22. The predicted molar refractivity (Wildman–Crippen MR) is 116 cm³/mol. The smallest absolute Gasteiger partial charge is 0.263 e. The van der Waals surface area contributed by atoms with E-state index in [1.807, 2.05) is 6.92 Å². The molecular weight excluding hydrogens is 380 g/mol. The van der Waals surface area contributed by atoms with Crippen molar-refractivity contribution >= 4 is 22.8 Å². The van der Waals surface area contributed by atoms with Gasteiger partial charge in [0.2, 0.25) is 5.91 Å². The summed E-state index contributed by atoms with van der Waals surface area (Å²) in [5.41, 5.74) is 1.29. The Morgan fingerprint density at radius 1 is 1.23 bits per heavy atom. The molecule has 3 heterocycles. The number of aromatic nitrogens is 3. The number of hydrogen-bond acceptors (Lipinski definition) is 7. The number of carbonyl (C=O) groups is 1. The standard InChI is InChI=1S/C22H34N6O2/c1-16-19-20(24-15-25-22(19)30-26-16)28-13-6-8-17(14-28)21(29)23-11-7-12-27(2)18-9-4-3-5-10-18/h15,17-18H,3-14H2,1-2H3,(H,23,29)/t17-/m1/s1. The van der Waals surface area contributed by atoms with Crippen LogP contribution in [-0.2, 0) is 4.79 Å². The largest absolute Gasteiger partial charge is 0.356 e. The molecule has 1 saturated heterocycles. The van der Waals surface area contributed by atoms with Crippen molar-refractivity contribution in [2.45, 2.75) is 64.3 Å². The van der Waals surface area contributed by atoms with Crippen LogP contribution in [0.25, 0.3) is 11.1 Å². The molecule has 0 unspecified atom stereocenters. The number of hydrogen-bond donors (Lipinski definition) is 1. The van der Waals surface area contributed by atoms with Gasteiger partial charge in [-0.25, -0.2) is 4.98 Å². The fraction of sp³-hybridized carbons (Fsp3) is 0.727. The van der Waals surface area contributed by atoms with Gasteiger partial charge in [0.25, 0.3) is 5.71 Å². The Balaban J connectivity index is 1.27. The maximum absolute atomic E-state index is 12.8. The quantitative estimate of drug-likeness (QED) is 0.697. The van der Waals surface area contributed by atoms with E-state index in [4.69, 9.17) is 4.52 Å². The van der Waals surface area contributed by atoms with E-state index in [0.717, 1.165) is 61.8 Å². The average molecular weight is 415 g/mol. The lowest BCUT2D eigenvalue weighted by Crippen LogP contribution is -2.44. The summed E-state index contributed by atoms with van der Waals surface area (Å²) in [6.07, 6.45) is 11.1. The Morgan fingerprint density at radius 2 is 2.07 bits per heavy atom. The molecule has 30 heavy (non-hydrogen) atoms. The van der Waals surface area contributed by atoms with Crippen molar-refractivity contribution in [2.75, 3.05) is 38.1 Å². The highest BCUT2D eigenvalue weighted by atomic mass is 16.5. The van der Waals surface area contributed by atoms with Gasteiger partial charge in [-0.15, -0.1) is 0 Å². The molecule has 8 heteroatoms. The van der Waals surface area contributed by atoms with Gasteiger partial charge in [0.05, 0.1) is 11.6 Å². The van der Waals surface area contributed by atoms with Gasteiger partial charge < -0.3 is 19.6 Å². The van der Waals surface area contributed by atoms with Crippen LogP contribution < -0.4 is 10.2 Å². The number of aryl methyl sites for hydroxylation is 1. The van der Waals surface area contributed by atoms with Crippen molar-refractivity contribution in [2.24, 2.45) is 5.92 Å². The third-order valence-electron chi connectivity index (χ3n) is 6.70. The van der Waals surface area contributed by atoms with Gasteiger partial charge in [-0.3, -0.25) is 4.79 Å². The average Bonchev–Trinajstić information content (AvgIpc) is 3.18. The van der Waals surface area contributed by atoms with Crippen molar-refractivity contribution in [1.82, 2.24) is 25.3 Å². The Kier molecular flexibility index (Phi) is 6.82. The van der Waals surface area contributed by atoms with E-state index in [1.165, 1.54) is 38.4 Å². The fourth-order valence-corrected chi connectivity index (χ4v) is 4.92. The SMILES string of the molecule is Cc1noc2ncnc(N3CCC[C@@H](C(=O)NCCCN(C)C4CCCCC4)C3)c12. The minimum absolute atomic E-state index is 0.0139. The summed E-state index contributed by atoms with van der Waals surface area (Å²) in [5, 5.41) is 8.04. The molecule has 2 fully saturated rings. The molecule has 1 atom stereocenters. The van der Waals surface area contributed by atoms with E-state index in [9.17, 15) is 4.79 Å². The van der Waals surface area contributed by atoms with Gasteiger partial charge in [0.1, 0.15) is 17.5 Å². The monoisotopic (exact) mass is 414 g/mol. The topological polar surface area (TPSA) is 87.4 Å². The third kappa shape index (κ3) is 4.74. The summed E-state index contributed by atoms with van der Waals surface area (Å²) in [6, 6.07) is 0.729. The van der Waals surface area contributed by atoms with E-state index in [2.05, 4.69) is 37.3 Å². The summed E-state index contributed by atoms with van der Waals surface area (Å²) >= 11 is 0. The highest BCUT2D eigenvalue weighted by Gasteiger charge is 2.28. The number of piperidine rings is 1. The molecule has 1 N–H and O–H groups in total. The second-order valence-corrected chi connectivity index (χ2v) is 8.85. The maximum Gasteiger partial charge on any atom is 0.263 e. The Bertz CT molecular complexity index is 847. The number of amides is 1. The number of nitrogens with one attached hydrogen (secondary N) is 1. The lowest BCUT2D eigenvalue weighted by molar-refractivity contribution is -0.125. The normalized spacial score (nSPS) is 20.8. The molecule has 1 amide bonds. The van der Waals surface area contributed by atoms with Crippen molar-refractivity contribution in [3.05, 3.63) is 12.0 Å². The lowest BCUT2D eigenvalue weighted by atomic mass is 9.94. The fourth-order valence-electron chi connectivity index (χ4n) is 4.92. The molecule has 8 nitrogen and oxygen atoms in total. The molecule has 1 saturated carbocycles. The first-order valence-corrected chi connectivity index (χ1v) is 11.4. The molecule has 1 aliphatic carbocycles. The highest BCUT2D eigenvalue weighted by molar-refractivity contribution is 5.88. The molecule has 2 aromatic rings. The van der Waals surface area contributed by atoms with Crippen LogP contribution in [0.3, 0.4) is 0 Å². The number of anilines is 1.